The summed E-state index contributed by atoms with van der Waals surface area (Å²) in [4.78, 5) is 9.66. The first kappa shape index (κ1) is 15.1. The second-order valence-corrected chi connectivity index (χ2v) is 5.36. The van der Waals surface area contributed by atoms with Crippen molar-refractivity contribution in [2.75, 3.05) is 0 Å². The standard InChI is InChI=1S/C19H19N3O/c1-16-8-2-3-9-17(16)14-22-15-19(23-21-22)12-5-4-10-18-11-6-7-13-20-18/h2-3,6-9,11,13,15,21H,5,12,14H2,1H3. The summed E-state index contributed by atoms with van der Waals surface area (Å²) >= 11 is 0. The molecule has 0 saturated carbocycles. The summed E-state index contributed by atoms with van der Waals surface area (Å²) in [6.45, 7) is 2.89. The van der Waals surface area contributed by atoms with E-state index in [1.165, 1.54) is 11.1 Å². The van der Waals surface area contributed by atoms with Crippen molar-refractivity contribution in [3.63, 3.8) is 0 Å². The number of rotatable bonds is 4. The van der Waals surface area contributed by atoms with Gasteiger partial charge in [0.1, 0.15) is 11.5 Å². The number of allylic oxidation sites excluding steroid dienone is 1. The van der Waals surface area contributed by atoms with Crippen molar-refractivity contribution in [3.8, 4) is 11.8 Å². The number of hydrazine groups is 1. The van der Waals surface area contributed by atoms with Gasteiger partial charge >= 0.3 is 0 Å². The summed E-state index contributed by atoms with van der Waals surface area (Å²) in [5.41, 5.74) is 6.27. The summed E-state index contributed by atoms with van der Waals surface area (Å²) < 4.78 is 0. The molecule has 23 heavy (non-hydrogen) atoms. The maximum Gasteiger partial charge on any atom is 0.145 e. The molecule has 0 saturated heterocycles. The molecule has 0 amide bonds. The fourth-order valence-corrected chi connectivity index (χ4v) is 2.28. The Morgan fingerprint density at radius 2 is 2.04 bits per heavy atom. The average Bonchev–Trinajstić information content (AvgIpc) is 3.02. The van der Waals surface area contributed by atoms with E-state index < -0.39 is 0 Å². The molecule has 3 rings (SSSR count). The van der Waals surface area contributed by atoms with Gasteiger partial charge in [-0.1, -0.05) is 41.8 Å². The number of pyridine rings is 1. The van der Waals surface area contributed by atoms with Crippen LogP contribution < -0.4 is 5.59 Å². The Morgan fingerprint density at radius 3 is 2.87 bits per heavy atom. The van der Waals surface area contributed by atoms with E-state index >= 15 is 0 Å². The quantitative estimate of drug-likeness (QED) is 0.879. The SMILES string of the molecule is Cc1ccccc1CN1C=C(CCC#Cc2ccccn2)ON1. The predicted molar refractivity (Wildman–Crippen MR) is 89.4 cm³/mol. The first-order valence-electron chi connectivity index (χ1n) is 7.65. The van der Waals surface area contributed by atoms with Gasteiger partial charge in [-0.3, -0.25) is 5.01 Å². The molecule has 2 heterocycles. The summed E-state index contributed by atoms with van der Waals surface area (Å²) in [6, 6.07) is 14.1. The van der Waals surface area contributed by atoms with Crippen LogP contribution in [0.5, 0.6) is 0 Å². The van der Waals surface area contributed by atoms with Crippen LogP contribution in [0, 0.1) is 18.8 Å². The zero-order chi connectivity index (χ0) is 15.9. The number of aryl methyl sites for hydroxylation is 1. The van der Waals surface area contributed by atoms with Crippen LogP contribution in [-0.4, -0.2) is 9.99 Å². The minimum absolute atomic E-state index is 0.738. The van der Waals surface area contributed by atoms with Crippen molar-refractivity contribution < 1.29 is 4.84 Å². The highest BCUT2D eigenvalue weighted by Gasteiger charge is 2.13. The van der Waals surface area contributed by atoms with E-state index in [0.29, 0.717) is 0 Å². The van der Waals surface area contributed by atoms with Crippen molar-refractivity contribution in [2.24, 2.45) is 0 Å². The topological polar surface area (TPSA) is 37.4 Å². The Hall–Kier alpha value is -2.77. The highest BCUT2D eigenvalue weighted by Crippen LogP contribution is 2.16. The first-order valence-corrected chi connectivity index (χ1v) is 7.65. The highest BCUT2D eigenvalue weighted by molar-refractivity contribution is 5.27. The van der Waals surface area contributed by atoms with E-state index in [2.05, 4.69) is 47.5 Å². The minimum atomic E-state index is 0.738. The number of hydrogen-bond donors (Lipinski definition) is 1. The zero-order valence-electron chi connectivity index (χ0n) is 13.1. The molecule has 0 radical (unpaired) electrons. The highest BCUT2D eigenvalue weighted by atomic mass is 16.7. The van der Waals surface area contributed by atoms with Gasteiger partial charge in [0.15, 0.2) is 0 Å². The molecule has 0 aliphatic carbocycles. The number of hydrogen-bond acceptors (Lipinski definition) is 4. The lowest BCUT2D eigenvalue weighted by molar-refractivity contribution is 0.0148. The molecule has 4 heteroatoms. The van der Waals surface area contributed by atoms with Crippen LogP contribution in [0.15, 0.2) is 60.6 Å². The molecule has 0 bridgehead atoms. The molecule has 2 aromatic rings. The smallest absolute Gasteiger partial charge is 0.145 e. The minimum Gasteiger partial charge on any atom is -0.392 e. The Balaban J connectivity index is 1.50. The van der Waals surface area contributed by atoms with Gasteiger partial charge in [-0.15, -0.1) is 0 Å². The van der Waals surface area contributed by atoms with E-state index in [9.17, 15) is 0 Å². The van der Waals surface area contributed by atoms with Crippen LogP contribution in [0.25, 0.3) is 0 Å². The van der Waals surface area contributed by atoms with Gasteiger partial charge in [-0.25, -0.2) is 4.98 Å². The van der Waals surface area contributed by atoms with Gasteiger partial charge in [0.05, 0.1) is 12.7 Å². The van der Waals surface area contributed by atoms with Crippen molar-refractivity contribution in [2.45, 2.75) is 26.3 Å². The zero-order valence-corrected chi connectivity index (χ0v) is 13.1. The second-order valence-electron chi connectivity index (χ2n) is 5.36. The molecule has 1 N–H and O–H groups in total. The van der Waals surface area contributed by atoms with E-state index in [4.69, 9.17) is 4.84 Å². The fourth-order valence-electron chi connectivity index (χ4n) is 2.28. The van der Waals surface area contributed by atoms with Crippen molar-refractivity contribution in [1.82, 2.24) is 15.6 Å². The van der Waals surface area contributed by atoms with Gasteiger partial charge in [-0.05, 0) is 36.1 Å². The van der Waals surface area contributed by atoms with E-state index in [0.717, 1.165) is 30.8 Å². The molecule has 1 aromatic heterocycles. The van der Waals surface area contributed by atoms with E-state index in [1.54, 1.807) is 6.20 Å². The molecule has 4 nitrogen and oxygen atoms in total. The van der Waals surface area contributed by atoms with Crippen LogP contribution in [0.3, 0.4) is 0 Å². The summed E-state index contributed by atoms with van der Waals surface area (Å²) in [5.74, 6) is 7.07. The van der Waals surface area contributed by atoms with Gasteiger partial charge in [0.25, 0.3) is 0 Å². The Bertz CT molecular complexity index is 744. The lowest BCUT2D eigenvalue weighted by atomic mass is 10.1. The largest absolute Gasteiger partial charge is 0.392 e. The Kier molecular flexibility index (Phi) is 4.92. The maximum atomic E-state index is 5.48. The third kappa shape index (κ3) is 4.35. The van der Waals surface area contributed by atoms with Gasteiger partial charge in [0, 0.05) is 19.0 Å². The van der Waals surface area contributed by atoms with Crippen molar-refractivity contribution >= 4 is 0 Å². The second kappa shape index (κ2) is 7.48. The number of nitrogens with zero attached hydrogens (tertiary/aromatic N) is 2. The van der Waals surface area contributed by atoms with Crippen LogP contribution in [0.2, 0.25) is 0 Å². The molecule has 0 fully saturated rings. The molecule has 1 aliphatic rings. The molecule has 1 aliphatic heterocycles. The van der Waals surface area contributed by atoms with E-state index in [-0.39, 0.29) is 0 Å². The summed E-state index contributed by atoms with van der Waals surface area (Å²) in [5, 5.41) is 1.95. The van der Waals surface area contributed by atoms with Gasteiger partial charge in [-0.2, -0.15) is 0 Å². The lowest BCUT2D eigenvalue weighted by Gasteiger charge is -2.15. The predicted octanol–water partition coefficient (Wildman–Crippen LogP) is 3.32. The molecular weight excluding hydrogens is 286 g/mol. The third-order valence-electron chi connectivity index (χ3n) is 3.57. The Labute approximate surface area is 136 Å². The first-order chi connectivity index (χ1) is 11.3. The molecule has 1 aromatic carbocycles. The van der Waals surface area contributed by atoms with Crippen molar-refractivity contribution in [1.29, 1.82) is 0 Å². The van der Waals surface area contributed by atoms with Gasteiger partial charge in [0.2, 0.25) is 0 Å². The average molecular weight is 305 g/mol. The molecule has 0 atom stereocenters. The summed E-state index contributed by atoms with van der Waals surface area (Å²) in [7, 11) is 0. The Morgan fingerprint density at radius 1 is 1.17 bits per heavy atom. The molecule has 0 spiro atoms. The van der Waals surface area contributed by atoms with Crippen LogP contribution in [-0.2, 0) is 11.4 Å². The normalized spacial score (nSPS) is 13.1. The molecule has 0 unspecified atom stereocenters. The van der Waals surface area contributed by atoms with Crippen LogP contribution in [0.1, 0.15) is 29.7 Å². The van der Waals surface area contributed by atoms with Crippen LogP contribution >= 0.6 is 0 Å². The van der Waals surface area contributed by atoms with Crippen molar-refractivity contribution in [3.05, 3.63) is 77.4 Å². The number of nitrogens with one attached hydrogen (secondary N) is 1. The van der Waals surface area contributed by atoms with Gasteiger partial charge < -0.3 is 4.84 Å². The fraction of sp³-hybridized carbons (Fsp3) is 0.211. The maximum absolute atomic E-state index is 5.48. The monoisotopic (exact) mass is 305 g/mol. The van der Waals surface area contributed by atoms with E-state index in [1.807, 2.05) is 35.5 Å². The summed E-state index contributed by atoms with van der Waals surface area (Å²) in [6.07, 6.45) is 5.26. The number of aromatic nitrogens is 1. The third-order valence-corrected chi connectivity index (χ3v) is 3.57. The molecular formula is C19H19N3O. The lowest BCUT2D eigenvalue weighted by Crippen LogP contribution is -2.27. The number of benzene rings is 1. The molecule has 116 valence electrons. The van der Waals surface area contributed by atoms with Crippen LogP contribution in [0.4, 0.5) is 0 Å².